The van der Waals surface area contributed by atoms with E-state index in [0.717, 1.165) is 5.56 Å². The summed E-state index contributed by atoms with van der Waals surface area (Å²) < 4.78 is 5.11. The van der Waals surface area contributed by atoms with Gasteiger partial charge in [-0.15, -0.1) is 0 Å². The van der Waals surface area contributed by atoms with Crippen LogP contribution in [0, 0.1) is 17.0 Å². The highest BCUT2D eigenvalue weighted by Gasteiger charge is 2.15. The number of rotatable bonds is 5. The molecule has 2 aromatic carbocycles. The second-order valence-corrected chi connectivity index (χ2v) is 5.38. The molecule has 0 aliphatic carbocycles. The Labute approximate surface area is 143 Å². The van der Waals surface area contributed by atoms with E-state index in [0.29, 0.717) is 17.0 Å². The summed E-state index contributed by atoms with van der Waals surface area (Å²) in [5, 5.41) is 13.6. The van der Waals surface area contributed by atoms with Crippen molar-refractivity contribution in [1.82, 2.24) is 0 Å². The molecule has 0 aliphatic heterocycles. The van der Waals surface area contributed by atoms with Gasteiger partial charge in [-0.3, -0.25) is 14.9 Å². The van der Waals surface area contributed by atoms with Crippen LogP contribution >= 0.6 is 11.6 Å². The molecule has 0 saturated heterocycles. The van der Waals surface area contributed by atoms with Crippen molar-refractivity contribution in [3.63, 3.8) is 0 Å². The molecule has 0 saturated carbocycles. The minimum absolute atomic E-state index is 0.0300. The molecule has 124 valence electrons. The second-order valence-electron chi connectivity index (χ2n) is 4.97. The minimum Gasteiger partial charge on any atom is -0.497 e. The van der Waals surface area contributed by atoms with E-state index >= 15 is 0 Å². The Balaban J connectivity index is 2.16. The van der Waals surface area contributed by atoms with Crippen LogP contribution < -0.4 is 10.1 Å². The number of carbonyl (C=O) groups excluding carboxylic acids is 1. The molecule has 0 bridgehead atoms. The first-order valence-electron chi connectivity index (χ1n) is 6.98. The van der Waals surface area contributed by atoms with Crippen LogP contribution in [0.1, 0.15) is 11.1 Å². The van der Waals surface area contributed by atoms with E-state index in [1.165, 1.54) is 18.2 Å². The summed E-state index contributed by atoms with van der Waals surface area (Å²) >= 11 is 5.82. The van der Waals surface area contributed by atoms with Crippen molar-refractivity contribution >= 4 is 35.0 Å². The molecule has 2 aromatic rings. The van der Waals surface area contributed by atoms with Crippen LogP contribution in [-0.2, 0) is 4.79 Å². The summed E-state index contributed by atoms with van der Waals surface area (Å²) in [6.45, 7) is 1.71. The van der Waals surface area contributed by atoms with E-state index in [9.17, 15) is 14.9 Å². The highest BCUT2D eigenvalue weighted by Crippen LogP contribution is 2.30. The fourth-order valence-corrected chi connectivity index (χ4v) is 2.31. The number of benzene rings is 2. The van der Waals surface area contributed by atoms with Gasteiger partial charge in [-0.05, 0) is 42.3 Å². The molecule has 24 heavy (non-hydrogen) atoms. The molecule has 0 aromatic heterocycles. The molecule has 1 amide bonds. The Bertz CT molecular complexity index is 818. The number of nitrogens with one attached hydrogen (secondary N) is 1. The number of nitrogens with zero attached hydrogens (tertiary/aromatic N) is 1. The van der Waals surface area contributed by atoms with Gasteiger partial charge in [-0.2, -0.15) is 0 Å². The third kappa shape index (κ3) is 4.33. The number of nitro benzene ring substituents is 1. The second kappa shape index (κ2) is 7.61. The molecule has 2 rings (SSSR count). The number of methoxy groups -OCH3 is 1. The number of carbonyl (C=O) groups is 1. The van der Waals surface area contributed by atoms with Crippen LogP contribution in [0.25, 0.3) is 6.08 Å². The molecule has 0 atom stereocenters. The predicted octanol–water partition coefficient (Wildman–Crippen LogP) is 4.22. The Hall–Kier alpha value is -2.86. The van der Waals surface area contributed by atoms with E-state index < -0.39 is 10.8 Å². The average Bonchev–Trinajstić information content (AvgIpc) is 2.55. The van der Waals surface area contributed by atoms with E-state index in [1.807, 2.05) is 12.1 Å². The summed E-state index contributed by atoms with van der Waals surface area (Å²) in [4.78, 5) is 22.4. The maximum absolute atomic E-state index is 12.0. The number of amides is 1. The SMILES string of the molecule is COc1cccc(/C=C/C(=O)Nc2cc([N+](=O)[O-])c(Cl)cc2C)c1. The molecule has 6 nitrogen and oxygen atoms in total. The molecular formula is C17H15ClN2O4. The van der Waals surface area contributed by atoms with Crippen LogP contribution in [0.15, 0.2) is 42.5 Å². The minimum atomic E-state index is -0.594. The number of aryl methyl sites for hydroxylation is 1. The monoisotopic (exact) mass is 346 g/mol. The van der Waals surface area contributed by atoms with Crippen molar-refractivity contribution in [3.05, 3.63) is 68.7 Å². The van der Waals surface area contributed by atoms with Crippen LogP contribution in [0.4, 0.5) is 11.4 Å². The van der Waals surface area contributed by atoms with E-state index in [4.69, 9.17) is 16.3 Å². The lowest BCUT2D eigenvalue weighted by atomic mass is 10.1. The molecule has 0 heterocycles. The number of anilines is 1. The molecule has 7 heteroatoms. The lowest BCUT2D eigenvalue weighted by molar-refractivity contribution is -0.384. The van der Waals surface area contributed by atoms with Crippen molar-refractivity contribution in [3.8, 4) is 5.75 Å². The summed E-state index contributed by atoms with van der Waals surface area (Å²) in [5.74, 6) is 0.277. The largest absolute Gasteiger partial charge is 0.497 e. The Kier molecular flexibility index (Phi) is 5.55. The van der Waals surface area contributed by atoms with Gasteiger partial charge in [0, 0.05) is 12.1 Å². The fraction of sp³-hybridized carbons (Fsp3) is 0.118. The van der Waals surface area contributed by atoms with Gasteiger partial charge < -0.3 is 10.1 Å². The van der Waals surface area contributed by atoms with E-state index in [-0.39, 0.29) is 10.7 Å². The number of nitro groups is 1. The third-order valence-corrected chi connectivity index (χ3v) is 3.57. The van der Waals surface area contributed by atoms with Gasteiger partial charge in [0.05, 0.1) is 17.7 Å². The summed E-state index contributed by atoms with van der Waals surface area (Å²) in [7, 11) is 1.56. The molecule has 0 spiro atoms. The van der Waals surface area contributed by atoms with Crippen molar-refractivity contribution in [2.24, 2.45) is 0 Å². The highest BCUT2D eigenvalue weighted by atomic mass is 35.5. The Morgan fingerprint density at radius 3 is 2.75 bits per heavy atom. The van der Waals surface area contributed by atoms with Crippen molar-refractivity contribution in [1.29, 1.82) is 0 Å². The zero-order chi connectivity index (χ0) is 17.7. The highest BCUT2D eigenvalue weighted by molar-refractivity contribution is 6.32. The zero-order valence-corrected chi connectivity index (χ0v) is 13.8. The maximum atomic E-state index is 12.0. The first-order chi connectivity index (χ1) is 11.4. The number of hydrogen-bond donors (Lipinski definition) is 1. The van der Waals surface area contributed by atoms with Crippen LogP contribution in [0.5, 0.6) is 5.75 Å². The normalized spacial score (nSPS) is 10.6. The van der Waals surface area contributed by atoms with Crippen molar-refractivity contribution in [2.75, 3.05) is 12.4 Å². The zero-order valence-electron chi connectivity index (χ0n) is 13.1. The Morgan fingerprint density at radius 1 is 1.33 bits per heavy atom. The van der Waals surface area contributed by atoms with E-state index in [1.54, 1.807) is 32.2 Å². The smallest absolute Gasteiger partial charge is 0.289 e. The summed E-state index contributed by atoms with van der Waals surface area (Å²) in [5.41, 5.74) is 1.51. The third-order valence-electron chi connectivity index (χ3n) is 3.27. The molecule has 0 aliphatic rings. The molecule has 0 radical (unpaired) electrons. The average molecular weight is 347 g/mol. The first-order valence-corrected chi connectivity index (χ1v) is 7.36. The lowest BCUT2D eigenvalue weighted by Crippen LogP contribution is -2.09. The summed E-state index contributed by atoms with van der Waals surface area (Å²) in [6, 6.07) is 9.90. The number of ether oxygens (including phenoxy) is 1. The van der Waals surface area contributed by atoms with Gasteiger partial charge in [-0.1, -0.05) is 23.7 Å². The van der Waals surface area contributed by atoms with Gasteiger partial charge in [0.1, 0.15) is 10.8 Å². The van der Waals surface area contributed by atoms with Crippen LogP contribution in [0.2, 0.25) is 5.02 Å². The number of hydrogen-bond acceptors (Lipinski definition) is 4. The standard InChI is InChI=1S/C17H15ClN2O4/c1-11-8-14(18)16(20(22)23)10-15(11)19-17(21)7-6-12-4-3-5-13(9-12)24-2/h3-10H,1-2H3,(H,19,21)/b7-6+. The van der Waals surface area contributed by atoms with Crippen molar-refractivity contribution in [2.45, 2.75) is 6.92 Å². The van der Waals surface area contributed by atoms with E-state index in [2.05, 4.69) is 5.32 Å². The van der Waals surface area contributed by atoms with Gasteiger partial charge in [-0.25, -0.2) is 0 Å². The van der Waals surface area contributed by atoms with Gasteiger partial charge in [0.15, 0.2) is 0 Å². The van der Waals surface area contributed by atoms with Gasteiger partial charge in [0.2, 0.25) is 5.91 Å². The first kappa shape index (κ1) is 17.5. The van der Waals surface area contributed by atoms with Gasteiger partial charge in [0.25, 0.3) is 5.69 Å². The van der Waals surface area contributed by atoms with Crippen LogP contribution in [0.3, 0.4) is 0 Å². The number of halogens is 1. The van der Waals surface area contributed by atoms with Crippen molar-refractivity contribution < 1.29 is 14.5 Å². The fourth-order valence-electron chi connectivity index (χ4n) is 2.03. The Morgan fingerprint density at radius 2 is 2.08 bits per heavy atom. The predicted molar refractivity (Wildman–Crippen MR) is 93.5 cm³/mol. The molecule has 0 unspecified atom stereocenters. The molecular weight excluding hydrogens is 332 g/mol. The molecule has 1 N–H and O–H groups in total. The maximum Gasteiger partial charge on any atom is 0.289 e. The lowest BCUT2D eigenvalue weighted by Gasteiger charge is -2.07. The molecule has 0 fully saturated rings. The quantitative estimate of drug-likeness (QED) is 0.499. The van der Waals surface area contributed by atoms with Crippen LogP contribution in [-0.4, -0.2) is 17.9 Å². The topological polar surface area (TPSA) is 81.5 Å². The summed E-state index contributed by atoms with van der Waals surface area (Å²) in [6.07, 6.45) is 2.96. The van der Waals surface area contributed by atoms with Gasteiger partial charge >= 0.3 is 0 Å².